The quantitative estimate of drug-likeness (QED) is 0.833. The first-order valence-electron chi connectivity index (χ1n) is 6.95. The van der Waals surface area contributed by atoms with E-state index in [1.54, 1.807) is 30.3 Å². The van der Waals surface area contributed by atoms with Crippen LogP contribution in [0.15, 0.2) is 41.3 Å². The van der Waals surface area contributed by atoms with Crippen molar-refractivity contribution in [1.82, 2.24) is 9.78 Å². The van der Waals surface area contributed by atoms with Crippen LogP contribution in [0, 0.1) is 0 Å². The van der Waals surface area contributed by atoms with Crippen molar-refractivity contribution in [3.05, 3.63) is 56.9 Å². The molecule has 0 saturated heterocycles. The maximum Gasteiger partial charge on any atom is 0.287 e. The molecule has 2 amide bonds. The van der Waals surface area contributed by atoms with Crippen molar-refractivity contribution in [2.75, 3.05) is 11.4 Å². The van der Waals surface area contributed by atoms with Gasteiger partial charge in [-0.15, -0.1) is 0 Å². The van der Waals surface area contributed by atoms with Gasteiger partial charge in [-0.2, -0.15) is 5.10 Å². The Hall–Kier alpha value is -2.38. The predicted octanol–water partition coefficient (Wildman–Crippen LogP) is 1.46. The van der Waals surface area contributed by atoms with Crippen molar-refractivity contribution in [1.29, 1.82) is 0 Å². The number of hydrogen-bond acceptors (Lipinski definition) is 4. The summed E-state index contributed by atoms with van der Waals surface area (Å²) in [5.41, 5.74) is 5.07. The molecule has 2 aromatic rings. The van der Waals surface area contributed by atoms with Crippen LogP contribution in [0.2, 0.25) is 10.0 Å². The summed E-state index contributed by atoms with van der Waals surface area (Å²) in [6.07, 6.45) is 1.18. The maximum atomic E-state index is 12.6. The van der Waals surface area contributed by atoms with Crippen LogP contribution in [0.1, 0.15) is 6.42 Å². The second-order valence-electron chi connectivity index (χ2n) is 4.87. The van der Waals surface area contributed by atoms with Gasteiger partial charge in [0.05, 0.1) is 11.2 Å². The van der Waals surface area contributed by atoms with Crippen LogP contribution in [0.4, 0.5) is 5.69 Å². The van der Waals surface area contributed by atoms with Gasteiger partial charge in [-0.05, 0) is 12.1 Å². The van der Waals surface area contributed by atoms with Gasteiger partial charge in [0.15, 0.2) is 0 Å². The summed E-state index contributed by atoms with van der Waals surface area (Å²) < 4.78 is 0.913. The van der Waals surface area contributed by atoms with E-state index >= 15 is 0 Å². The molecule has 0 aliphatic carbocycles. The van der Waals surface area contributed by atoms with Crippen LogP contribution >= 0.6 is 23.2 Å². The summed E-state index contributed by atoms with van der Waals surface area (Å²) in [4.78, 5) is 37.0. The van der Waals surface area contributed by atoms with Crippen LogP contribution in [0.3, 0.4) is 0 Å². The van der Waals surface area contributed by atoms with E-state index in [9.17, 15) is 14.4 Å². The third-order valence-electron chi connectivity index (χ3n) is 3.18. The summed E-state index contributed by atoms with van der Waals surface area (Å²) in [5.74, 6) is -0.969. The van der Waals surface area contributed by atoms with Gasteiger partial charge in [0.2, 0.25) is 11.8 Å². The zero-order chi connectivity index (χ0) is 17.7. The van der Waals surface area contributed by atoms with Crippen molar-refractivity contribution < 1.29 is 9.59 Å². The number of nitrogens with two attached hydrogens (primary N) is 1. The lowest BCUT2D eigenvalue weighted by molar-refractivity contribution is -0.119. The standard InChI is InChI=1S/C15H14Cl2N4O3/c16-11-8-19-21(15(24)14(11)17)9-13(23)20(7-6-12(18)22)10-4-2-1-3-5-10/h1-5,8H,6-7,9H2,(H2,18,22). The second kappa shape index (κ2) is 7.94. The van der Waals surface area contributed by atoms with Crippen LogP contribution < -0.4 is 16.2 Å². The zero-order valence-corrected chi connectivity index (χ0v) is 14.0. The van der Waals surface area contributed by atoms with Gasteiger partial charge >= 0.3 is 0 Å². The Kier molecular flexibility index (Phi) is 5.94. The zero-order valence-electron chi connectivity index (χ0n) is 12.5. The number of halogens is 2. The third kappa shape index (κ3) is 4.33. The maximum absolute atomic E-state index is 12.6. The number of carbonyl (C=O) groups excluding carboxylic acids is 2. The number of para-hydroxylation sites is 1. The Morgan fingerprint density at radius 3 is 2.50 bits per heavy atom. The van der Waals surface area contributed by atoms with Gasteiger partial charge in [-0.1, -0.05) is 41.4 Å². The highest BCUT2D eigenvalue weighted by Crippen LogP contribution is 2.16. The molecule has 24 heavy (non-hydrogen) atoms. The lowest BCUT2D eigenvalue weighted by atomic mass is 10.2. The molecule has 0 unspecified atom stereocenters. The number of amides is 2. The van der Waals surface area contributed by atoms with Gasteiger partial charge in [0.1, 0.15) is 11.6 Å². The molecule has 0 atom stereocenters. The highest BCUT2D eigenvalue weighted by Gasteiger charge is 2.19. The number of carbonyl (C=O) groups is 2. The summed E-state index contributed by atoms with van der Waals surface area (Å²) >= 11 is 11.5. The summed E-state index contributed by atoms with van der Waals surface area (Å²) in [6.45, 7) is -0.252. The molecule has 0 saturated carbocycles. The van der Waals surface area contributed by atoms with Crippen molar-refractivity contribution in [3.63, 3.8) is 0 Å². The van der Waals surface area contributed by atoms with E-state index in [4.69, 9.17) is 28.9 Å². The van der Waals surface area contributed by atoms with E-state index in [0.717, 1.165) is 4.68 Å². The monoisotopic (exact) mass is 368 g/mol. The van der Waals surface area contributed by atoms with Gasteiger partial charge in [-0.25, -0.2) is 4.68 Å². The largest absolute Gasteiger partial charge is 0.370 e. The molecule has 0 spiro atoms. The van der Waals surface area contributed by atoms with Crippen molar-refractivity contribution in [2.45, 2.75) is 13.0 Å². The van der Waals surface area contributed by atoms with E-state index < -0.39 is 17.4 Å². The van der Waals surface area contributed by atoms with Crippen LogP contribution in [0.5, 0.6) is 0 Å². The Morgan fingerprint density at radius 1 is 1.21 bits per heavy atom. The molecule has 0 aliphatic rings. The number of anilines is 1. The van der Waals surface area contributed by atoms with E-state index in [-0.39, 0.29) is 29.6 Å². The molecular formula is C15H14Cl2N4O3. The first kappa shape index (κ1) is 18.0. The Labute approximate surface area is 147 Å². The summed E-state index contributed by atoms with van der Waals surface area (Å²) in [7, 11) is 0. The van der Waals surface area contributed by atoms with Gasteiger partial charge in [-0.3, -0.25) is 14.4 Å². The highest BCUT2D eigenvalue weighted by atomic mass is 35.5. The summed E-state index contributed by atoms with van der Waals surface area (Å²) in [5, 5.41) is 3.61. The number of aromatic nitrogens is 2. The first-order valence-corrected chi connectivity index (χ1v) is 7.70. The molecule has 2 N–H and O–H groups in total. The molecular weight excluding hydrogens is 355 g/mol. The smallest absolute Gasteiger partial charge is 0.287 e. The fraction of sp³-hybridized carbons (Fsp3) is 0.200. The van der Waals surface area contributed by atoms with Crippen LogP contribution in [0.25, 0.3) is 0 Å². The fourth-order valence-electron chi connectivity index (χ4n) is 2.00. The number of primary amides is 1. The lowest BCUT2D eigenvalue weighted by Gasteiger charge is -2.22. The SMILES string of the molecule is NC(=O)CCN(C(=O)Cn1ncc(Cl)c(Cl)c1=O)c1ccccc1. The molecule has 0 bridgehead atoms. The van der Waals surface area contributed by atoms with Crippen LogP contribution in [-0.2, 0) is 16.1 Å². The Bertz CT molecular complexity index is 808. The van der Waals surface area contributed by atoms with Gasteiger partial charge in [0.25, 0.3) is 5.56 Å². The van der Waals surface area contributed by atoms with Crippen molar-refractivity contribution >= 4 is 40.7 Å². The molecule has 2 rings (SSSR count). The van der Waals surface area contributed by atoms with E-state index in [1.807, 2.05) is 0 Å². The minimum Gasteiger partial charge on any atom is -0.370 e. The van der Waals surface area contributed by atoms with Gasteiger partial charge in [0, 0.05) is 18.7 Å². The molecule has 0 aliphatic heterocycles. The molecule has 0 radical (unpaired) electrons. The predicted molar refractivity (Wildman–Crippen MR) is 91.1 cm³/mol. The average Bonchev–Trinajstić information content (AvgIpc) is 2.56. The van der Waals surface area contributed by atoms with Crippen molar-refractivity contribution in [3.8, 4) is 0 Å². The minimum atomic E-state index is -0.666. The van der Waals surface area contributed by atoms with Gasteiger partial charge < -0.3 is 10.6 Å². The topological polar surface area (TPSA) is 98.3 Å². The first-order chi connectivity index (χ1) is 11.4. The molecule has 7 nitrogen and oxygen atoms in total. The molecule has 1 heterocycles. The number of nitrogens with zero attached hydrogens (tertiary/aromatic N) is 3. The Morgan fingerprint density at radius 2 is 1.88 bits per heavy atom. The highest BCUT2D eigenvalue weighted by molar-refractivity contribution is 6.41. The lowest BCUT2D eigenvalue weighted by Crippen LogP contribution is -2.39. The van der Waals surface area contributed by atoms with Crippen molar-refractivity contribution in [2.24, 2.45) is 5.73 Å². The minimum absolute atomic E-state index is 0.00959. The molecule has 1 aromatic carbocycles. The second-order valence-corrected chi connectivity index (χ2v) is 5.65. The van der Waals surface area contributed by atoms with E-state index in [2.05, 4.69) is 5.10 Å². The Balaban J connectivity index is 2.26. The summed E-state index contributed by atoms with van der Waals surface area (Å²) in [6, 6.07) is 8.73. The normalized spacial score (nSPS) is 10.4. The molecule has 126 valence electrons. The number of benzene rings is 1. The fourth-order valence-corrected chi connectivity index (χ4v) is 2.27. The third-order valence-corrected chi connectivity index (χ3v) is 3.93. The van der Waals surface area contributed by atoms with E-state index in [0.29, 0.717) is 5.69 Å². The van der Waals surface area contributed by atoms with Crippen LogP contribution in [-0.4, -0.2) is 28.1 Å². The number of hydrogen-bond donors (Lipinski definition) is 1. The number of rotatable bonds is 6. The molecule has 0 fully saturated rings. The van der Waals surface area contributed by atoms with E-state index in [1.165, 1.54) is 11.1 Å². The molecule has 1 aromatic heterocycles. The molecule has 9 heteroatoms. The average molecular weight is 369 g/mol.